The van der Waals surface area contributed by atoms with Crippen molar-refractivity contribution in [1.82, 2.24) is 15.2 Å². The molecule has 0 bridgehead atoms. The van der Waals surface area contributed by atoms with E-state index >= 15 is 0 Å². The zero-order valence-corrected chi connectivity index (χ0v) is 16.9. The third kappa shape index (κ3) is 6.06. The maximum Gasteiger partial charge on any atom is 0.251 e. The fraction of sp³-hybridized carbons (Fsp3) is 0.478. The first-order chi connectivity index (χ1) is 13.6. The predicted molar refractivity (Wildman–Crippen MR) is 111 cm³/mol. The molecule has 0 unspecified atom stereocenters. The molecule has 1 aliphatic rings. The van der Waals surface area contributed by atoms with Crippen molar-refractivity contribution in [3.63, 3.8) is 0 Å². The average molecular weight is 382 g/mol. The number of benzene rings is 1. The van der Waals surface area contributed by atoms with Gasteiger partial charge in [0.25, 0.3) is 5.91 Å². The number of amides is 1. The van der Waals surface area contributed by atoms with E-state index in [9.17, 15) is 4.79 Å². The van der Waals surface area contributed by atoms with Crippen LogP contribution in [0.1, 0.15) is 54.9 Å². The average Bonchev–Trinajstić information content (AvgIpc) is 2.74. The first kappa shape index (κ1) is 20.3. The number of nitrogens with zero attached hydrogens (tertiary/aromatic N) is 2. The molecule has 1 aliphatic carbocycles. The molecule has 1 atom stereocenters. The van der Waals surface area contributed by atoms with Crippen LogP contribution in [0.2, 0.25) is 0 Å². The lowest BCUT2D eigenvalue weighted by Crippen LogP contribution is -2.33. The molecule has 28 heavy (non-hydrogen) atoms. The number of pyridine rings is 1. The molecule has 1 fully saturated rings. The summed E-state index contributed by atoms with van der Waals surface area (Å²) in [5.74, 6) is 0.716. The smallest absolute Gasteiger partial charge is 0.251 e. The largest absolute Gasteiger partial charge is 0.489 e. The second-order valence-corrected chi connectivity index (χ2v) is 7.73. The van der Waals surface area contributed by atoms with Crippen LogP contribution in [0.4, 0.5) is 0 Å². The van der Waals surface area contributed by atoms with Gasteiger partial charge < -0.3 is 10.1 Å². The highest BCUT2D eigenvalue weighted by molar-refractivity contribution is 5.93. The van der Waals surface area contributed by atoms with E-state index in [1.807, 2.05) is 19.1 Å². The summed E-state index contributed by atoms with van der Waals surface area (Å²) in [5.41, 5.74) is 1.91. The number of aromatic nitrogens is 1. The molecule has 5 heteroatoms. The van der Waals surface area contributed by atoms with Crippen molar-refractivity contribution in [1.29, 1.82) is 0 Å². The maximum absolute atomic E-state index is 12.1. The summed E-state index contributed by atoms with van der Waals surface area (Å²) in [6.45, 7) is 3.38. The second-order valence-electron chi connectivity index (χ2n) is 7.73. The summed E-state index contributed by atoms with van der Waals surface area (Å²) in [4.78, 5) is 18.5. The Morgan fingerprint density at radius 3 is 2.50 bits per heavy atom. The van der Waals surface area contributed by atoms with Crippen molar-refractivity contribution >= 4 is 5.91 Å². The molecule has 1 saturated carbocycles. The molecule has 2 aromatic rings. The maximum atomic E-state index is 12.1. The molecule has 1 aromatic heterocycles. The SMILES string of the molecule is C[C@H](CNC(=O)c1ccncc1)Oc1ccc(CN(C)C2CCCCC2)cc1. The molecule has 1 heterocycles. The van der Waals surface area contributed by atoms with E-state index in [-0.39, 0.29) is 12.0 Å². The van der Waals surface area contributed by atoms with Gasteiger partial charge in [-0.15, -0.1) is 0 Å². The normalized spacial score (nSPS) is 16.0. The Hall–Kier alpha value is -2.40. The lowest BCUT2D eigenvalue weighted by Gasteiger charge is -2.31. The Bertz CT molecular complexity index is 727. The minimum Gasteiger partial charge on any atom is -0.489 e. The Balaban J connectivity index is 1.43. The van der Waals surface area contributed by atoms with Crippen molar-refractivity contribution < 1.29 is 9.53 Å². The van der Waals surface area contributed by atoms with Crippen molar-refractivity contribution in [3.8, 4) is 5.75 Å². The van der Waals surface area contributed by atoms with Gasteiger partial charge in [-0.3, -0.25) is 14.7 Å². The van der Waals surface area contributed by atoms with Gasteiger partial charge in [-0.05, 0) is 56.6 Å². The minimum atomic E-state index is -0.112. The molecule has 0 radical (unpaired) electrons. The topological polar surface area (TPSA) is 54.5 Å². The van der Waals surface area contributed by atoms with Gasteiger partial charge >= 0.3 is 0 Å². The van der Waals surface area contributed by atoms with Gasteiger partial charge in [-0.2, -0.15) is 0 Å². The summed E-state index contributed by atoms with van der Waals surface area (Å²) < 4.78 is 5.94. The lowest BCUT2D eigenvalue weighted by molar-refractivity contribution is 0.0932. The number of carbonyl (C=O) groups is 1. The molecule has 1 aromatic carbocycles. The number of ether oxygens (including phenoxy) is 1. The molecule has 5 nitrogen and oxygen atoms in total. The summed E-state index contributed by atoms with van der Waals surface area (Å²) in [6.07, 6.45) is 9.86. The highest BCUT2D eigenvalue weighted by Crippen LogP contribution is 2.23. The summed E-state index contributed by atoms with van der Waals surface area (Å²) >= 11 is 0. The zero-order chi connectivity index (χ0) is 19.8. The number of carbonyl (C=O) groups excluding carboxylic acids is 1. The highest BCUT2D eigenvalue weighted by Gasteiger charge is 2.18. The van der Waals surface area contributed by atoms with Gasteiger partial charge in [0.05, 0.1) is 6.54 Å². The van der Waals surface area contributed by atoms with Crippen LogP contribution in [0.15, 0.2) is 48.8 Å². The molecule has 3 rings (SSSR count). The number of rotatable bonds is 8. The van der Waals surface area contributed by atoms with Gasteiger partial charge in [0, 0.05) is 30.5 Å². The van der Waals surface area contributed by atoms with E-state index in [1.165, 1.54) is 37.7 Å². The van der Waals surface area contributed by atoms with Crippen LogP contribution in [-0.2, 0) is 6.54 Å². The van der Waals surface area contributed by atoms with Gasteiger partial charge in [0.2, 0.25) is 0 Å². The van der Waals surface area contributed by atoms with Gasteiger partial charge in [0.1, 0.15) is 11.9 Å². The van der Waals surface area contributed by atoms with E-state index in [2.05, 4.69) is 34.4 Å². The number of hydrogen-bond acceptors (Lipinski definition) is 4. The van der Waals surface area contributed by atoms with E-state index < -0.39 is 0 Å². The molecule has 1 N–H and O–H groups in total. The number of nitrogens with one attached hydrogen (secondary N) is 1. The Morgan fingerprint density at radius 1 is 1.14 bits per heavy atom. The Kier molecular flexibility index (Phi) is 7.43. The van der Waals surface area contributed by atoms with E-state index in [1.54, 1.807) is 24.5 Å². The molecule has 1 amide bonds. The third-order valence-electron chi connectivity index (χ3n) is 5.38. The molecule has 0 saturated heterocycles. The molecule has 150 valence electrons. The van der Waals surface area contributed by atoms with Crippen LogP contribution >= 0.6 is 0 Å². The van der Waals surface area contributed by atoms with Gasteiger partial charge in [-0.1, -0.05) is 31.4 Å². The molecular formula is C23H31N3O2. The fourth-order valence-corrected chi connectivity index (χ4v) is 3.73. The highest BCUT2D eigenvalue weighted by atomic mass is 16.5. The van der Waals surface area contributed by atoms with Crippen LogP contribution in [-0.4, -0.2) is 41.5 Å². The zero-order valence-electron chi connectivity index (χ0n) is 16.9. The van der Waals surface area contributed by atoms with Crippen molar-refractivity contribution in [2.45, 2.75) is 57.7 Å². The molecule has 0 aliphatic heterocycles. The fourth-order valence-electron chi connectivity index (χ4n) is 3.73. The van der Waals surface area contributed by atoms with E-state index in [4.69, 9.17) is 4.74 Å². The monoisotopic (exact) mass is 381 g/mol. The molecule has 0 spiro atoms. The van der Waals surface area contributed by atoms with Crippen LogP contribution in [0.5, 0.6) is 5.75 Å². The first-order valence-corrected chi connectivity index (χ1v) is 10.3. The quantitative estimate of drug-likeness (QED) is 0.750. The first-order valence-electron chi connectivity index (χ1n) is 10.3. The number of hydrogen-bond donors (Lipinski definition) is 1. The standard InChI is InChI=1S/C23H31N3O2/c1-18(16-25-23(27)20-12-14-24-15-13-20)28-22-10-8-19(9-11-22)17-26(2)21-6-4-3-5-7-21/h8-15,18,21H,3-7,16-17H2,1-2H3,(H,25,27)/t18-/m1/s1. The van der Waals surface area contributed by atoms with E-state index in [0.717, 1.165) is 12.3 Å². The van der Waals surface area contributed by atoms with Crippen LogP contribution in [0.3, 0.4) is 0 Å². The minimum absolute atomic E-state index is 0.110. The predicted octanol–water partition coefficient (Wildman–Crippen LogP) is 4.04. The van der Waals surface area contributed by atoms with Crippen LogP contribution in [0.25, 0.3) is 0 Å². The third-order valence-corrected chi connectivity index (χ3v) is 5.38. The summed E-state index contributed by atoms with van der Waals surface area (Å²) in [6, 6.07) is 12.4. The van der Waals surface area contributed by atoms with Crippen LogP contribution in [0, 0.1) is 0 Å². The summed E-state index contributed by atoms with van der Waals surface area (Å²) in [7, 11) is 2.23. The van der Waals surface area contributed by atoms with Crippen molar-refractivity contribution in [2.24, 2.45) is 0 Å². The van der Waals surface area contributed by atoms with Gasteiger partial charge in [0.15, 0.2) is 0 Å². The van der Waals surface area contributed by atoms with Crippen LogP contribution < -0.4 is 10.1 Å². The second kappa shape index (κ2) is 10.2. The van der Waals surface area contributed by atoms with Gasteiger partial charge in [-0.25, -0.2) is 0 Å². The lowest BCUT2D eigenvalue weighted by atomic mass is 9.94. The Labute approximate surface area is 168 Å². The van der Waals surface area contributed by atoms with Crippen molar-refractivity contribution in [3.05, 3.63) is 59.9 Å². The molecular weight excluding hydrogens is 350 g/mol. The van der Waals surface area contributed by atoms with Crippen molar-refractivity contribution in [2.75, 3.05) is 13.6 Å². The van der Waals surface area contributed by atoms with E-state index in [0.29, 0.717) is 18.2 Å². The summed E-state index contributed by atoms with van der Waals surface area (Å²) in [5, 5.41) is 2.89. The Morgan fingerprint density at radius 2 is 1.82 bits per heavy atom.